The molecule has 24 heavy (non-hydrogen) atoms. The zero-order valence-corrected chi connectivity index (χ0v) is 13.9. The van der Waals surface area contributed by atoms with Crippen molar-refractivity contribution in [1.82, 2.24) is 0 Å². The predicted octanol–water partition coefficient (Wildman–Crippen LogP) is 5.16. The summed E-state index contributed by atoms with van der Waals surface area (Å²) in [4.78, 5) is 22.0. The second-order valence-electron chi connectivity index (χ2n) is 5.61. The maximum Gasteiger partial charge on any atom is 0.182 e. The van der Waals surface area contributed by atoms with Gasteiger partial charge < -0.3 is 0 Å². The van der Waals surface area contributed by atoms with Crippen LogP contribution in [0.5, 0.6) is 0 Å². The highest BCUT2D eigenvalue weighted by molar-refractivity contribution is 6.17. The van der Waals surface area contributed by atoms with Crippen molar-refractivity contribution in [3.63, 3.8) is 0 Å². The van der Waals surface area contributed by atoms with Gasteiger partial charge in [-0.25, -0.2) is 0 Å². The smallest absolute Gasteiger partial charge is 0.182 e. The van der Waals surface area contributed by atoms with E-state index in [4.69, 9.17) is 0 Å². The molecule has 0 bridgehead atoms. The summed E-state index contributed by atoms with van der Waals surface area (Å²) in [6, 6.07) is 20.8. The van der Waals surface area contributed by atoms with Gasteiger partial charge in [-0.2, -0.15) is 0 Å². The van der Waals surface area contributed by atoms with Gasteiger partial charge in [0, 0.05) is 5.57 Å². The second kappa shape index (κ2) is 9.41. The van der Waals surface area contributed by atoms with E-state index in [2.05, 4.69) is 55.5 Å². The molecule has 0 saturated heterocycles. The summed E-state index contributed by atoms with van der Waals surface area (Å²) in [5, 5.41) is 0. The molecule has 0 saturated carbocycles. The summed E-state index contributed by atoms with van der Waals surface area (Å²) < 4.78 is 0. The van der Waals surface area contributed by atoms with Crippen molar-refractivity contribution in [2.75, 3.05) is 0 Å². The number of hydrogen-bond donors (Lipinski definition) is 0. The molecule has 2 nitrogen and oxygen atoms in total. The van der Waals surface area contributed by atoms with E-state index in [0.29, 0.717) is 5.57 Å². The molecule has 1 aliphatic rings. The molecular weight excluding hydrogens is 296 g/mol. The Morgan fingerprint density at radius 1 is 0.750 bits per heavy atom. The van der Waals surface area contributed by atoms with E-state index in [1.54, 1.807) is 0 Å². The number of allylic oxidation sites excluding steroid dienone is 4. The van der Waals surface area contributed by atoms with E-state index in [1.165, 1.54) is 29.4 Å². The van der Waals surface area contributed by atoms with Gasteiger partial charge in [0.15, 0.2) is 11.6 Å². The van der Waals surface area contributed by atoms with E-state index in [9.17, 15) is 9.59 Å². The molecule has 0 fully saturated rings. The van der Waals surface area contributed by atoms with Crippen LogP contribution >= 0.6 is 0 Å². The molecule has 0 unspecified atom stereocenters. The number of unbranched alkanes of at least 4 members (excludes halogenated alkanes) is 1. The fraction of sp³-hybridized carbons (Fsp3) is 0.182. The molecule has 2 heteroatoms. The Hall–Kier alpha value is -2.74. The molecule has 0 spiro atoms. The number of rotatable bonds is 4. The van der Waals surface area contributed by atoms with Gasteiger partial charge in [-0.1, -0.05) is 74.0 Å². The molecule has 2 aromatic carbocycles. The average Bonchev–Trinajstić information content (AvgIpc) is 2.64. The van der Waals surface area contributed by atoms with Crippen LogP contribution in [0.15, 0.2) is 84.5 Å². The van der Waals surface area contributed by atoms with Crippen molar-refractivity contribution in [1.29, 1.82) is 0 Å². The normalized spacial score (nSPS) is 13.1. The van der Waals surface area contributed by atoms with Crippen molar-refractivity contribution in [2.24, 2.45) is 0 Å². The third kappa shape index (κ3) is 5.47. The fourth-order valence-corrected chi connectivity index (χ4v) is 2.38. The highest BCUT2D eigenvalue weighted by Crippen LogP contribution is 2.17. The molecule has 1 aliphatic carbocycles. The summed E-state index contributed by atoms with van der Waals surface area (Å²) >= 11 is 0. The van der Waals surface area contributed by atoms with Gasteiger partial charge >= 0.3 is 0 Å². The lowest BCUT2D eigenvalue weighted by atomic mass is 9.99. The van der Waals surface area contributed by atoms with Crippen LogP contribution in [-0.4, -0.2) is 11.6 Å². The monoisotopic (exact) mass is 318 g/mol. The van der Waals surface area contributed by atoms with Crippen LogP contribution in [0.1, 0.15) is 26.2 Å². The molecule has 0 aromatic heterocycles. The maximum absolute atomic E-state index is 11.1. The van der Waals surface area contributed by atoms with Crippen molar-refractivity contribution in [2.45, 2.75) is 26.2 Å². The zero-order chi connectivity index (χ0) is 17.2. The minimum atomic E-state index is -0.0688. The SMILES string of the molecule is CCCCC1=CC(=O)C=CC1=O.c1ccc(-c2ccccc2)cc1. The van der Waals surface area contributed by atoms with Gasteiger partial charge in [-0.15, -0.1) is 0 Å². The molecule has 122 valence electrons. The van der Waals surface area contributed by atoms with Crippen LogP contribution in [0.2, 0.25) is 0 Å². The molecule has 3 rings (SSSR count). The molecule has 0 atom stereocenters. The van der Waals surface area contributed by atoms with Crippen molar-refractivity contribution in [3.05, 3.63) is 84.5 Å². The van der Waals surface area contributed by atoms with Crippen LogP contribution in [0.3, 0.4) is 0 Å². The first-order valence-corrected chi connectivity index (χ1v) is 8.28. The summed E-state index contributed by atoms with van der Waals surface area (Å²) in [5.74, 6) is -0.0799. The van der Waals surface area contributed by atoms with Crippen LogP contribution in [0.4, 0.5) is 0 Å². The first kappa shape index (κ1) is 17.6. The maximum atomic E-state index is 11.1. The van der Waals surface area contributed by atoms with Crippen LogP contribution in [0, 0.1) is 0 Å². The number of carbonyl (C=O) groups is 2. The van der Waals surface area contributed by atoms with Crippen molar-refractivity contribution >= 4 is 11.6 Å². The Morgan fingerprint density at radius 3 is 1.79 bits per heavy atom. The van der Waals surface area contributed by atoms with E-state index in [0.717, 1.165) is 19.3 Å². The molecular formula is C22H22O2. The fourth-order valence-electron chi connectivity index (χ4n) is 2.38. The molecule has 0 aliphatic heterocycles. The average molecular weight is 318 g/mol. The highest BCUT2D eigenvalue weighted by Gasteiger charge is 2.11. The van der Waals surface area contributed by atoms with Gasteiger partial charge in [0.25, 0.3) is 0 Å². The Labute approximate surface area is 143 Å². The molecule has 0 radical (unpaired) electrons. The lowest BCUT2D eigenvalue weighted by molar-refractivity contribution is -0.114. The quantitative estimate of drug-likeness (QED) is 0.729. The van der Waals surface area contributed by atoms with Crippen molar-refractivity contribution < 1.29 is 9.59 Å². The molecule has 2 aromatic rings. The standard InChI is InChI=1S/C12H10.C10H12O2/c1-3-7-11(8-4-1)12-9-5-2-6-10-12;1-2-3-4-8-7-9(11)5-6-10(8)12/h1-10H;5-7H,2-4H2,1H3. The van der Waals surface area contributed by atoms with Gasteiger partial charge in [0.1, 0.15) is 0 Å². The zero-order valence-electron chi connectivity index (χ0n) is 13.9. The van der Waals surface area contributed by atoms with Gasteiger partial charge in [-0.05, 0) is 42.2 Å². The molecule has 0 heterocycles. The summed E-state index contributed by atoms with van der Waals surface area (Å²) in [7, 11) is 0. The lowest BCUT2D eigenvalue weighted by Crippen LogP contribution is -2.07. The number of benzene rings is 2. The number of carbonyl (C=O) groups excluding carboxylic acids is 2. The lowest BCUT2D eigenvalue weighted by Gasteiger charge is -2.04. The second-order valence-corrected chi connectivity index (χ2v) is 5.61. The molecule has 0 N–H and O–H groups in total. The van der Waals surface area contributed by atoms with Gasteiger partial charge in [-0.3, -0.25) is 9.59 Å². The minimum absolute atomic E-state index is 0.0111. The predicted molar refractivity (Wildman–Crippen MR) is 98.6 cm³/mol. The summed E-state index contributed by atoms with van der Waals surface area (Å²) in [6.45, 7) is 2.06. The van der Waals surface area contributed by atoms with E-state index in [-0.39, 0.29) is 11.6 Å². The van der Waals surface area contributed by atoms with Crippen LogP contribution in [0.25, 0.3) is 11.1 Å². The largest absolute Gasteiger partial charge is 0.290 e. The number of ketones is 2. The Morgan fingerprint density at radius 2 is 1.29 bits per heavy atom. The van der Waals surface area contributed by atoms with Gasteiger partial charge in [0.05, 0.1) is 0 Å². The van der Waals surface area contributed by atoms with E-state index >= 15 is 0 Å². The van der Waals surface area contributed by atoms with Crippen molar-refractivity contribution in [3.8, 4) is 11.1 Å². The third-order valence-electron chi connectivity index (χ3n) is 3.71. The van der Waals surface area contributed by atoms with Crippen LogP contribution in [-0.2, 0) is 9.59 Å². The van der Waals surface area contributed by atoms with E-state index in [1.807, 2.05) is 12.1 Å². The summed E-state index contributed by atoms with van der Waals surface area (Å²) in [5.41, 5.74) is 3.21. The first-order chi connectivity index (χ1) is 11.7. The minimum Gasteiger partial charge on any atom is -0.290 e. The first-order valence-electron chi connectivity index (χ1n) is 8.28. The Bertz CT molecular complexity index is 688. The summed E-state index contributed by atoms with van der Waals surface area (Å²) in [6.07, 6.45) is 6.86. The van der Waals surface area contributed by atoms with E-state index < -0.39 is 0 Å². The number of hydrogen-bond acceptors (Lipinski definition) is 2. The Balaban J connectivity index is 0.000000174. The van der Waals surface area contributed by atoms with Crippen LogP contribution < -0.4 is 0 Å². The van der Waals surface area contributed by atoms with Gasteiger partial charge in [0.2, 0.25) is 0 Å². The highest BCUT2D eigenvalue weighted by atomic mass is 16.1. The Kier molecular flexibility index (Phi) is 6.91. The topological polar surface area (TPSA) is 34.1 Å². The molecule has 0 amide bonds. The third-order valence-corrected chi connectivity index (χ3v) is 3.71.